The van der Waals surface area contributed by atoms with Crippen molar-refractivity contribution in [3.05, 3.63) is 28.2 Å². The van der Waals surface area contributed by atoms with Gasteiger partial charge in [0.1, 0.15) is 0 Å². The summed E-state index contributed by atoms with van der Waals surface area (Å²) >= 11 is 3.20. The van der Waals surface area contributed by atoms with Crippen LogP contribution in [0.4, 0.5) is 10.5 Å². The first-order valence-electron chi connectivity index (χ1n) is 5.56. The standard InChI is InChI=1S/C13H13BrN2O3/c1-2-3-4-8-15-13(19)16-11-9(12(17)18)6-5-7-10(11)14/h1,5-7H,3-4,8H2,(H,17,18)(H2,15,16,19). The normalized spacial score (nSPS) is 9.47. The first-order chi connectivity index (χ1) is 9.06. The van der Waals surface area contributed by atoms with Crippen LogP contribution in [0.3, 0.4) is 0 Å². The lowest BCUT2D eigenvalue weighted by Gasteiger charge is -2.11. The Morgan fingerprint density at radius 3 is 2.79 bits per heavy atom. The van der Waals surface area contributed by atoms with Gasteiger partial charge in [0.05, 0.1) is 11.3 Å². The summed E-state index contributed by atoms with van der Waals surface area (Å²) in [7, 11) is 0. The topological polar surface area (TPSA) is 78.4 Å². The van der Waals surface area contributed by atoms with Crippen LogP contribution in [0.15, 0.2) is 22.7 Å². The van der Waals surface area contributed by atoms with Crippen LogP contribution in [0.1, 0.15) is 23.2 Å². The Labute approximate surface area is 119 Å². The minimum Gasteiger partial charge on any atom is -0.478 e. The first kappa shape index (κ1) is 15.1. The maximum absolute atomic E-state index is 11.6. The molecule has 0 unspecified atom stereocenters. The van der Waals surface area contributed by atoms with Crippen molar-refractivity contribution in [3.8, 4) is 12.3 Å². The van der Waals surface area contributed by atoms with Crippen LogP contribution < -0.4 is 10.6 Å². The molecule has 0 aliphatic heterocycles. The monoisotopic (exact) mass is 324 g/mol. The summed E-state index contributed by atoms with van der Waals surface area (Å²) in [4.78, 5) is 22.7. The minimum absolute atomic E-state index is 0.0214. The summed E-state index contributed by atoms with van der Waals surface area (Å²) in [6.07, 6.45) is 6.34. The van der Waals surface area contributed by atoms with Crippen molar-refractivity contribution in [1.29, 1.82) is 0 Å². The van der Waals surface area contributed by atoms with E-state index in [1.807, 2.05) is 0 Å². The van der Waals surface area contributed by atoms with Crippen molar-refractivity contribution < 1.29 is 14.7 Å². The number of amides is 2. The molecule has 2 amide bonds. The Kier molecular flexibility index (Phi) is 5.90. The number of aromatic carboxylic acids is 1. The number of carbonyl (C=O) groups is 2. The molecule has 1 rings (SSSR count). The number of hydrogen-bond acceptors (Lipinski definition) is 2. The zero-order valence-corrected chi connectivity index (χ0v) is 11.7. The largest absolute Gasteiger partial charge is 0.478 e. The Bertz CT molecular complexity index is 523. The number of rotatable bonds is 5. The summed E-state index contributed by atoms with van der Waals surface area (Å²) in [5, 5.41) is 14.1. The lowest BCUT2D eigenvalue weighted by molar-refractivity contribution is 0.0698. The number of carboxylic acids is 1. The van der Waals surface area contributed by atoms with Gasteiger partial charge in [0.25, 0.3) is 0 Å². The van der Waals surface area contributed by atoms with Gasteiger partial charge >= 0.3 is 12.0 Å². The number of para-hydroxylation sites is 1. The molecule has 1 aromatic rings. The second-order valence-electron chi connectivity index (χ2n) is 3.66. The van der Waals surface area contributed by atoms with Crippen LogP contribution in [0.25, 0.3) is 0 Å². The molecule has 0 radical (unpaired) electrons. The third-order valence-electron chi connectivity index (χ3n) is 2.27. The van der Waals surface area contributed by atoms with Crippen molar-refractivity contribution in [1.82, 2.24) is 5.32 Å². The van der Waals surface area contributed by atoms with Gasteiger partial charge in [0.2, 0.25) is 0 Å². The third-order valence-corrected chi connectivity index (χ3v) is 2.93. The Morgan fingerprint density at radius 2 is 2.16 bits per heavy atom. The number of unbranched alkanes of at least 4 members (excludes halogenated alkanes) is 1. The maximum Gasteiger partial charge on any atom is 0.337 e. The molecule has 0 bridgehead atoms. The zero-order chi connectivity index (χ0) is 14.3. The van der Waals surface area contributed by atoms with Gasteiger partial charge in [-0.1, -0.05) is 6.07 Å². The maximum atomic E-state index is 11.6. The van der Waals surface area contributed by atoms with Crippen LogP contribution in [0, 0.1) is 12.3 Å². The van der Waals surface area contributed by atoms with E-state index in [1.54, 1.807) is 12.1 Å². The molecule has 100 valence electrons. The fourth-order valence-electron chi connectivity index (χ4n) is 1.38. The number of halogens is 1. The molecule has 0 saturated carbocycles. The molecule has 19 heavy (non-hydrogen) atoms. The highest BCUT2D eigenvalue weighted by atomic mass is 79.9. The van der Waals surface area contributed by atoms with Crippen molar-refractivity contribution in [2.45, 2.75) is 12.8 Å². The van der Waals surface area contributed by atoms with Crippen LogP contribution in [-0.2, 0) is 0 Å². The van der Waals surface area contributed by atoms with Gasteiger partial charge in [-0.15, -0.1) is 12.3 Å². The van der Waals surface area contributed by atoms with Gasteiger partial charge in [-0.25, -0.2) is 9.59 Å². The SMILES string of the molecule is C#CCCCNC(=O)Nc1c(Br)cccc1C(=O)O. The van der Waals surface area contributed by atoms with Crippen LogP contribution in [-0.4, -0.2) is 23.7 Å². The van der Waals surface area contributed by atoms with Crippen molar-refractivity contribution in [2.24, 2.45) is 0 Å². The van der Waals surface area contributed by atoms with Crippen LogP contribution >= 0.6 is 15.9 Å². The number of carbonyl (C=O) groups excluding carboxylic acids is 1. The Morgan fingerprint density at radius 1 is 1.42 bits per heavy atom. The number of nitrogens with one attached hydrogen (secondary N) is 2. The fourth-order valence-corrected chi connectivity index (χ4v) is 1.84. The molecular formula is C13H13BrN2O3. The number of benzene rings is 1. The number of carboxylic acid groups (broad SMARTS) is 1. The highest BCUT2D eigenvalue weighted by molar-refractivity contribution is 9.10. The van der Waals surface area contributed by atoms with E-state index in [0.717, 1.165) is 0 Å². The highest BCUT2D eigenvalue weighted by Crippen LogP contribution is 2.26. The molecule has 6 heteroatoms. The molecule has 0 heterocycles. The fraction of sp³-hybridized carbons (Fsp3) is 0.231. The second-order valence-corrected chi connectivity index (χ2v) is 4.51. The second kappa shape index (κ2) is 7.44. The predicted molar refractivity (Wildman–Crippen MR) is 76.2 cm³/mol. The van der Waals surface area contributed by atoms with Gasteiger partial charge in [-0.2, -0.15) is 0 Å². The van der Waals surface area contributed by atoms with Crippen molar-refractivity contribution in [2.75, 3.05) is 11.9 Å². The minimum atomic E-state index is -1.11. The first-order valence-corrected chi connectivity index (χ1v) is 6.35. The van der Waals surface area contributed by atoms with E-state index in [4.69, 9.17) is 11.5 Å². The predicted octanol–water partition coefficient (Wildman–Crippen LogP) is 2.68. The molecule has 5 nitrogen and oxygen atoms in total. The smallest absolute Gasteiger partial charge is 0.337 e. The average Bonchev–Trinajstić information content (AvgIpc) is 2.37. The lowest BCUT2D eigenvalue weighted by Crippen LogP contribution is -2.30. The Hall–Kier alpha value is -2.00. The van der Waals surface area contributed by atoms with Crippen LogP contribution in [0.2, 0.25) is 0 Å². The molecular weight excluding hydrogens is 312 g/mol. The van der Waals surface area contributed by atoms with Gasteiger partial charge in [0, 0.05) is 17.4 Å². The highest BCUT2D eigenvalue weighted by Gasteiger charge is 2.14. The van der Waals surface area contributed by atoms with Crippen LogP contribution in [0.5, 0.6) is 0 Å². The molecule has 3 N–H and O–H groups in total. The van der Waals surface area contributed by atoms with E-state index < -0.39 is 12.0 Å². The van der Waals surface area contributed by atoms with Gasteiger partial charge < -0.3 is 15.7 Å². The molecule has 1 aromatic carbocycles. The van der Waals surface area contributed by atoms with E-state index in [1.165, 1.54) is 6.07 Å². The molecule has 0 saturated heterocycles. The molecule has 0 aromatic heterocycles. The number of urea groups is 1. The molecule has 0 aliphatic carbocycles. The molecule has 0 atom stereocenters. The van der Waals surface area contributed by atoms with Crippen molar-refractivity contribution >= 4 is 33.6 Å². The summed E-state index contributed by atoms with van der Waals surface area (Å²) in [6, 6.07) is 4.19. The van der Waals surface area contributed by atoms with Gasteiger partial charge in [-0.3, -0.25) is 0 Å². The summed E-state index contributed by atoms with van der Waals surface area (Å²) in [6.45, 7) is 0.433. The van der Waals surface area contributed by atoms with E-state index >= 15 is 0 Å². The van der Waals surface area contributed by atoms with Gasteiger partial charge in [-0.05, 0) is 34.5 Å². The molecule has 0 aliphatic rings. The number of hydrogen-bond donors (Lipinski definition) is 3. The molecule has 0 spiro atoms. The summed E-state index contributed by atoms with van der Waals surface area (Å²) in [5.74, 6) is 1.36. The zero-order valence-electron chi connectivity index (χ0n) is 10.1. The Balaban J connectivity index is 2.69. The average molecular weight is 325 g/mol. The quantitative estimate of drug-likeness (QED) is 0.575. The summed E-state index contributed by atoms with van der Waals surface area (Å²) < 4.78 is 0.506. The number of anilines is 1. The van der Waals surface area contributed by atoms with E-state index in [0.29, 0.717) is 23.9 Å². The molecule has 0 fully saturated rings. The summed E-state index contributed by atoms with van der Waals surface area (Å²) in [5.41, 5.74) is 0.248. The van der Waals surface area contributed by atoms with E-state index in [9.17, 15) is 9.59 Å². The number of terminal acetylenes is 1. The van der Waals surface area contributed by atoms with Crippen molar-refractivity contribution in [3.63, 3.8) is 0 Å². The van der Waals surface area contributed by atoms with E-state index in [2.05, 4.69) is 32.5 Å². The third kappa shape index (κ3) is 4.64. The lowest BCUT2D eigenvalue weighted by atomic mass is 10.2. The van der Waals surface area contributed by atoms with Gasteiger partial charge in [0.15, 0.2) is 0 Å². The van der Waals surface area contributed by atoms with E-state index in [-0.39, 0.29) is 11.3 Å².